The van der Waals surface area contributed by atoms with Gasteiger partial charge in [-0.15, -0.1) is 0 Å². The van der Waals surface area contributed by atoms with Crippen molar-refractivity contribution in [2.24, 2.45) is 0 Å². The first kappa shape index (κ1) is 18.7. The molecule has 3 rings (SSSR count). The molecule has 0 amide bonds. The van der Waals surface area contributed by atoms with E-state index in [-0.39, 0.29) is 9.92 Å². The lowest BCUT2D eigenvalue weighted by atomic mass is 10.1. The maximum absolute atomic E-state index is 12.8. The van der Waals surface area contributed by atoms with Gasteiger partial charge in [0.05, 0.1) is 5.02 Å². The summed E-state index contributed by atoms with van der Waals surface area (Å²) in [5.74, 6) is 0. The van der Waals surface area contributed by atoms with Crippen molar-refractivity contribution in [3.8, 4) is 0 Å². The third kappa shape index (κ3) is 4.36. The molecule has 1 aliphatic heterocycles. The van der Waals surface area contributed by atoms with Gasteiger partial charge in [0.25, 0.3) is 0 Å². The number of hydrogen-bond acceptors (Lipinski definition) is 3. The van der Waals surface area contributed by atoms with Crippen molar-refractivity contribution in [3.63, 3.8) is 0 Å². The van der Waals surface area contributed by atoms with Gasteiger partial charge in [0, 0.05) is 37.7 Å². The van der Waals surface area contributed by atoms with Crippen LogP contribution in [0.1, 0.15) is 11.1 Å². The van der Waals surface area contributed by atoms with Gasteiger partial charge < -0.3 is 0 Å². The maximum atomic E-state index is 12.8. The molecule has 4 nitrogen and oxygen atoms in total. The highest BCUT2D eigenvalue weighted by atomic mass is 35.5. The molecule has 0 bridgehead atoms. The molecule has 1 saturated heterocycles. The molecule has 0 spiro atoms. The Balaban J connectivity index is 1.67. The van der Waals surface area contributed by atoms with E-state index in [0.717, 1.165) is 6.54 Å². The number of benzene rings is 2. The molecule has 134 valence electrons. The number of sulfonamides is 1. The average molecular weight is 399 g/mol. The number of halogens is 2. The number of hydrogen-bond donors (Lipinski definition) is 0. The van der Waals surface area contributed by atoms with Crippen LogP contribution in [0.15, 0.2) is 47.4 Å². The number of rotatable bonds is 4. The standard InChI is InChI=1S/C18H20Cl2N2O2S/c1-14-3-2-4-15(11-14)13-21-7-9-22(10-8-21)25(23,24)18-6-5-16(19)12-17(18)20/h2-6,11-12H,7-10,13H2,1H3. The Hall–Kier alpha value is -1.11. The molecule has 25 heavy (non-hydrogen) atoms. The first-order chi connectivity index (χ1) is 11.9. The van der Waals surface area contributed by atoms with E-state index >= 15 is 0 Å². The van der Waals surface area contributed by atoms with Crippen LogP contribution in [-0.2, 0) is 16.6 Å². The highest BCUT2D eigenvalue weighted by Gasteiger charge is 2.30. The fraction of sp³-hybridized carbons (Fsp3) is 0.333. The Morgan fingerprint density at radius 2 is 1.72 bits per heavy atom. The van der Waals surface area contributed by atoms with E-state index in [1.54, 1.807) is 6.07 Å². The zero-order valence-corrected chi connectivity index (χ0v) is 16.3. The highest BCUT2D eigenvalue weighted by Crippen LogP contribution is 2.28. The molecule has 0 radical (unpaired) electrons. The number of nitrogens with zero attached hydrogens (tertiary/aromatic N) is 2. The quantitative estimate of drug-likeness (QED) is 0.785. The van der Waals surface area contributed by atoms with Crippen molar-refractivity contribution in [2.75, 3.05) is 26.2 Å². The predicted molar refractivity (Wildman–Crippen MR) is 102 cm³/mol. The van der Waals surface area contributed by atoms with Crippen molar-refractivity contribution in [1.82, 2.24) is 9.21 Å². The Kier molecular flexibility index (Phi) is 5.71. The van der Waals surface area contributed by atoms with E-state index in [1.165, 1.54) is 27.6 Å². The van der Waals surface area contributed by atoms with E-state index in [0.29, 0.717) is 31.2 Å². The topological polar surface area (TPSA) is 40.6 Å². The highest BCUT2D eigenvalue weighted by molar-refractivity contribution is 7.89. The minimum Gasteiger partial charge on any atom is -0.296 e. The van der Waals surface area contributed by atoms with Gasteiger partial charge >= 0.3 is 0 Å². The number of aryl methyl sites for hydroxylation is 1. The second-order valence-corrected chi connectivity index (χ2v) is 8.99. The van der Waals surface area contributed by atoms with Crippen LogP contribution in [0.4, 0.5) is 0 Å². The monoisotopic (exact) mass is 398 g/mol. The fourth-order valence-electron chi connectivity index (χ4n) is 3.02. The molecule has 1 aliphatic rings. The van der Waals surface area contributed by atoms with Crippen LogP contribution in [0.5, 0.6) is 0 Å². The molecule has 1 heterocycles. The van der Waals surface area contributed by atoms with Gasteiger partial charge in [-0.3, -0.25) is 4.90 Å². The van der Waals surface area contributed by atoms with Gasteiger partial charge in [0.1, 0.15) is 4.90 Å². The normalized spacial score (nSPS) is 16.9. The molecule has 7 heteroatoms. The molecular formula is C18H20Cl2N2O2S. The Morgan fingerprint density at radius 3 is 2.36 bits per heavy atom. The van der Waals surface area contributed by atoms with Crippen molar-refractivity contribution < 1.29 is 8.42 Å². The lowest BCUT2D eigenvalue weighted by Gasteiger charge is -2.34. The van der Waals surface area contributed by atoms with Crippen LogP contribution < -0.4 is 0 Å². The lowest BCUT2D eigenvalue weighted by Crippen LogP contribution is -2.48. The molecule has 0 atom stereocenters. The first-order valence-electron chi connectivity index (χ1n) is 8.09. The molecule has 2 aromatic rings. The van der Waals surface area contributed by atoms with Crippen LogP contribution >= 0.6 is 23.2 Å². The summed E-state index contributed by atoms with van der Waals surface area (Å²) in [6.07, 6.45) is 0. The summed E-state index contributed by atoms with van der Waals surface area (Å²) in [7, 11) is -3.60. The smallest absolute Gasteiger partial charge is 0.244 e. The van der Waals surface area contributed by atoms with Crippen LogP contribution in [0, 0.1) is 6.92 Å². The number of piperazine rings is 1. The van der Waals surface area contributed by atoms with E-state index in [1.807, 2.05) is 6.07 Å². The third-order valence-corrected chi connectivity index (χ3v) is 6.95. The summed E-state index contributed by atoms with van der Waals surface area (Å²) < 4.78 is 27.1. The minimum absolute atomic E-state index is 0.116. The van der Waals surface area contributed by atoms with Crippen molar-refractivity contribution in [1.29, 1.82) is 0 Å². The van der Waals surface area contributed by atoms with Crippen LogP contribution in [-0.4, -0.2) is 43.8 Å². The van der Waals surface area contributed by atoms with Gasteiger partial charge in [-0.2, -0.15) is 4.31 Å². The minimum atomic E-state index is -3.60. The zero-order chi connectivity index (χ0) is 18.0. The summed E-state index contributed by atoms with van der Waals surface area (Å²) in [5.41, 5.74) is 2.48. The SMILES string of the molecule is Cc1cccc(CN2CCN(S(=O)(=O)c3ccc(Cl)cc3Cl)CC2)c1. The van der Waals surface area contributed by atoms with Crippen molar-refractivity contribution in [3.05, 3.63) is 63.6 Å². The Morgan fingerprint density at radius 1 is 1.00 bits per heavy atom. The molecule has 0 saturated carbocycles. The van der Waals surface area contributed by atoms with Crippen molar-refractivity contribution >= 4 is 33.2 Å². The average Bonchev–Trinajstić information content (AvgIpc) is 2.55. The second kappa shape index (κ2) is 7.64. The van der Waals surface area contributed by atoms with Crippen LogP contribution in [0.3, 0.4) is 0 Å². The molecular weight excluding hydrogens is 379 g/mol. The zero-order valence-electron chi connectivity index (χ0n) is 14.0. The lowest BCUT2D eigenvalue weighted by molar-refractivity contribution is 0.181. The maximum Gasteiger partial charge on any atom is 0.244 e. The molecule has 0 aliphatic carbocycles. The van der Waals surface area contributed by atoms with E-state index < -0.39 is 10.0 Å². The second-order valence-electron chi connectivity index (χ2n) is 6.24. The summed E-state index contributed by atoms with van der Waals surface area (Å²) in [6.45, 7) is 5.19. The first-order valence-corrected chi connectivity index (χ1v) is 10.3. The Labute approximate surface area is 159 Å². The molecule has 0 N–H and O–H groups in total. The summed E-state index contributed by atoms with van der Waals surface area (Å²) in [4.78, 5) is 2.38. The molecule has 1 fully saturated rings. The Bertz CT molecular complexity index is 863. The van der Waals surface area contributed by atoms with Gasteiger partial charge in [-0.05, 0) is 30.7 Å². The predicted octanol–water partition coefficient (Wildman–Crippen LogP) is 3.81. The molecule has 2 aromatic carbocycles. The molecule has 0 aromatic heterocycles. The summed E-state index contributed by atoms with van der Waals surface area (Å²) in [5, 5.41) is 0.585. The van der Waals surface area contributed by atoms with E-state index in [2.05, 4.69) is 30.0 Å². The summed E-state index contributed by atoms with van der Waals surface area (Å²) >= 11 is 11.9. The van der Waals surface area contributed by atoms with Gasteiger partial charge in [-0.1, -0.05) is 53.0 Å². The van der Waals surface area contributed by atoms with Crippen LogP contribution in [0.25, 0.3) is 0 Å². The van der Waals surface area contributed by atoms with Gasteiger partial charge in [0.2, 0.25) is 10.0 Å². The van der Waals surface area contributed by atoms with Crippen molar-refractivity contribution in [2.45, 2.75) is 18.4 Å². The van der Waals surface area contributed by atoms with Gasteiger partial charge in [-0.25, -0.2) is 8.42 Å². The van der Waals surface area contributed by atoms with E-state index in [4.69, 9.17) is 23.2 Å². The molecule has 0 unspecified atom stereocenters. The summed E-state index contributed by atoms with van der Waals surface area (Å²) in [6, 6.07) is 12.9. The van der Waals surface area contributed by atoms with Gasteiger partial charge in [0.15, 0.2) is 0 Å². The fourth-order valence-corrected chi connectivity index (χ4v) is 5.19. The largest absolute Gasteiger partial charge is 0.296 e. The third-order valence-electron chi connectivity index (χ3n) is 4.33. The van der Waals surface area contributed by atoms with E-state index in [9.17, 15) is 8.42 Å². The van der Waals surface area contributed by atoms with Crippen LogP contribution in [0.2, 0.25) is 10.0 Å².